The molecule has 0 saturated heterocycles. The molecule has 0 fully saturated rings. The summed E-state index contributed by atoms with van der Waals surface area (Å²) in [6, 6.07) is 18.7. The number of aromatic nitrogens is 3. The van der Waals surface area contributed by atoms with Crippen molar-refractivity contribution in [2.24, 2.45) is 7.05 Å². The third-order valence-corrected chi connectivity index (χ3v) is 5.16. The summed E-state index contributed by atoms with van der Waals surface area (Å²) in [5.41, 5.74) is 1.76. The summed E-state index contributed by atoms with van der Waals surface area (Å²) >= 11 is 0. The molecule has 0 aliphatic carbocycles. The van der Waals surface area contributed by atoms with Gasteiger partial charge in [0.25, 0.3) is 0 Å². The van der Waals surface area contributed by atoms with Gasteiger partial charge in [-0.25, -0.2) is 14.8 Å². The Labute approximate surface area is 186 Å². The number of benzene rings is 2. The SMILES string of the molecule is COc1ccccc1C(NC(=O)NCCNc1ccc2ccccc2n1)c1nccn1C. The fraction of sp³-hybridized carbons (Fsp3) is 0.208. The molecule has 0 radical (unpaired) electrons. The Morgan fingerprint density at radius 1 is 1.06 bits per heavy atom. The van der Waals surface area contributed by atoms with Crippen molar-refractivity contribution in [3.8, 4) is 5.75 Å². The maximum absolute atomic E-state index is 12.7. The Morgan fingerprint density at radius 3 is 2.69 bits per heavy atom. The number of rotatable bonds is 8. The van der Waals surface area contributed by atoms with Gasteiger partial charge in [0.15, 0.2) is 0 Å². The first kappa shape index (κ1) is 21.2. The second-order valence-corrected chi connectivity index (χ2v) is 7.29. The van der Waals surface area contributed by atoms with E-state index in [0.29, 0.717) is 24.7 Å². The molecule has 2 heterocycles. The van der Waals surface area contributed by atoms with Crippen molar-refractivity contribution in [1.29, 1.82) is 0 Å². The number of aryl methyl sites for hydroxylation is 1. The molecule has 8 nitrogen and oxygen atoms in total. The molecule has 0 bridgehead atoms. The van der Waals surface area contributed by atoms with Gasteiger partial charge in [0.1, 0.15) is 23.4 Å². The molecule has 0 aliphatic heterocycles. The normalized spacial score (nSPS) is 11.7. The summed E-state index contributed by atoms with van der Waals surface area (Å²) in [5, 5.41) is 10.2. The van der Waals surface area contributed by atoms with Gasteiger partial charge < -0.3 is 25.3 Å². The summed E-state index contributed by atoms with van der Waals surface area (Å²) in [7, 11) is 3.51. The maximum atomic E-state index is 12.7. The highest BCUT2D eigenvalue weighted by atomic mass is 16.5. The Morgan fingerprint density at radius 2 is 1.88 bits per heavy atom. The van der Waals surface area contributed by atoms with Crippen molar-refractivity contribution in [3.63, 3.8) is 0 Å². The lowest BCUT2D eigenvalue weighted by Crippen LogP contribution is -2.41. The third kappa shape index (κ3) is 4.80. The highest BCUT2D eigenvalue weighted by Crippen LogP contribution is 2.28. The van der Waals surface area contributed by atoms with Crippen LogP contribution in [0, 0.1) is 0 Å². The van der Waals surface area contributed by atoms with Crippen LogP contribution in [0.2, 0.25) is 0 Å². The molecule has 8 heteroatoms. The standard InChI is InChI=1S/C24H26N6O2/c1-30-16-15-26-23(30)22(18-8-4-6-10-20(18)32-2)29-24(31)27-14-13-25-21-12-11-17-7-3-5-9-19(17)28-21/h3-12,15-16,22H,13-14H2,1-2H3,(H,25,28)(H2,27,29,31). The number of nitrogens with one attached hydrogen (secondary N) is 3. The summed E-state index contributed by atoms with van der Waals surface area (Å²) in [5.74, 6) is 2.17. The monoisotopic (exact) mass is 430 g/mol. The smallest absolute Gasteiger partial charge is 0.315 e. The maximum Gasteiger partial charge on any atom is 0.315 e. The third-order valence-electron chi connectivity index (χ3n) is 5.16. The second-order valence-electron chi connectivity index (χ2n) is 7.29. The van der Waals surface area contributed by atoms with Crippen LogP contribution in [0.25, 0.3) is 10.9 Å². The number of amides is 2. The highest BCUT2D eigenvalue weighted by molar-refractivity contribution is 5.80. The molecule has 3 N–H and O–H groups in total. The van der Waals surface area contributed by atoms with Gasteiger partial charge in [-0.05, 0) is 24.3 Å². The van der Waals surface area contributed by atoms with Crippen molar-refractivity contribution >= 4 is 22.8 Å². The predicted molar refractivity (Wildman–Crippen MR) is 125 cm³/mol. The van der Waals surface area contributed by atoms with E-state index < -0.39 is 6.04 Å². The van der Waals surface area contributed by atoms with Crippen molar-refractivity contribution in [2.45, 2.75) is 6.04 Å². The Bertz CT molecular complexity index is 1210. The summed E-state index contributed by atoms with van der Waals surface area (Å²) in [6.45, 7) is 0.972. The Balaban J connectivity index is 1.37. The van der Waals surface area contributed by atoms with Gasteiger partial charge in [0, 0.05) is 43.5 Å². The van der Waals surface area contributed by atoms with E-state index >= 15 is 0 Å². The second kappa shape index (κ2) is 9.82. The average Bonchev–Trinajstić information content (AvgIpc) is 3.25. The number of nitrogens with zero attached hydrogens (tertiary/aromatic N) is 3. The lowest BCUT2D eigenvalue weighted by Gasteiger charge is -2.21. The van der Waals surface area contributed by atoms with Gasteiger partial charge in [-0.2, -0.15) is 0 Å². The number of methoxy groups -OCH3 is 1. The number of hydrogen-bond donors (Lipinski definition) is 3. The first-order valence-electron chi connectivity index (χ1n) is 10.4. The molecule has 2 aromatic carbocycles. The molecular weight excluding hydrogens is 404 g/mol. The summed E-state index contributed by atoms with van der Waals surface area (Å²) < 4.78 is 7.38. The van der Waals surface area contributed by atoms with Crippen molar-refractivity contribution in [3.05, 3.63) is 84.4 Å². The van der Waals surface area contributed by atoms with Crippen LogP contribution in [0.15, 0.2) is 73.1 Å². The first-order valence-corrected chi connectivity index (χ1v) is 10.4. The van der Waals surface area contributed by atoms with Gasteiger partial charge in [-0.3, -0.25) is 0 Å². The van der Waals surface area contributed by atoms with E-state index in [1.54, 1.807) is 13.3 Å². The number of carbonyl (C=O) groups is 1. The van der Waals surface area contributed by atoms with Gasteiger partial charge in [0.05, 0.1) is 12.6 Å². The lowest BCUT2D eigenvalue weighted by atomic mass is 10.0. The minimum Gasteiger partial charge on any atom is -0.496 e. The number of pyridine rings is 1. The molecular formula is C24H26N6O2. The first-order chi connectivity index (χ1) is 15.7. The van der Waals surface area contributed by atoms with E-state index in [1.165, 1.54) is 0 Å². The highest BCUT2D eigenvalue weighted by Gasteiger charge is 2.23. The molecule has 0 saturated carbocycles. The molecule has 4 aromatic rings. The van der Waals surface area contributed by atoms with Crippen LogP contribution in [0.4, 0.5) is 10.6 Å². The number of fused-ring (bicyclic) bond motifs is 1. The lowest BCUT2D eigenvalue weighted by molar-refractivity contribution is 0.238. The van der Waals surface area contributed by atoms with Gasteiger partial charge in [-0.15, -0.1) is 0 Å². The van der Waals surface area contributed by atoms with Crippen LogP contribution in [0.5, 0.6) is 5.75 Å². The quantitative estimate of drug-likeness (QED) is 0.372. The minimum atomic E-state index is -0.457. The fourth-order valence-corrected chi connectivity index (χ4v) is 3.55. The average molecular weight is 431 g/mol. The van der Waals surface area contributed by atoms with Crippen molar-refractivity contribution < 1.29 is 9.53 Å². The number of anilines is 1. The molecule has 2 amide bonds. The van der Waals surface area contributed by atoms with Crippen molar-refractivity contribution in [2.75, 3.05) is 25.5 Å². The van der Waals surface area contributed by atoms with Crippen LogP contribution in [0.3, 0.4) is 0 Å². The molecule has 0 aliphatic rings. The van der Waals surface area contributed by atoms with Crippen LogP contribution in [0.1, 0.15) is 17.4 Å². The number of urea groups is 1. The summed E-state index contributed by atoms with van der Waals surface area (Å²) in [6.07, 6.45) is 3.55. The van der Waals surface area contributed by atoms with Crippen LogP contribution >= 0.6 is 0 Å². The Kier molecular flexibility index (Phi) is 6.50. The van der Waals surface area contributed by atoms with Gasteiger partial charge in [-0.1, -0.05) is 36.4 Å². The molecule has 0 spiro atoms. The van der Waals surface area contributed by atoms with E-state index in [4.69, 9.17) is 4.74 Å². The zero-order valence-corrected chi connectivity index (χ0v) is 18.1. The fourth-order valence-electron chi connectivity index (χ4n) is 3.55. The van der Waals surface area contributed by atoms with Crippen LogP contribution in [-0.4, -0.2) is 40.8 Å². The Hall–Kier alpha value is -4.07. The topological polar surface area (TPSA) is 93.1 Å². The zero-order valence-electron chi connectivity index (χ0n) is 18.1. The van der Waals surface area contributed by atoms with E-state index in [-0.39, 0.29) is 6.03 Å². The van der Waals surface area contributed by atoms with E-state index in [0.717, 1.165) is 22.3 Å². The molecule has 1 atom stereocenters. The van der Waals surface area contributed by atoms with Crippen LogP contribution in [-0.2, 0) is 7.05 Å². The van der Waals surface area contributed by atoms with Crippen LogP contribution < -0.4 is 20.7 Å². The van der Waals surface area contributed by atoms with E-state index in [1.807, 2.05) is 78.5 Å². The molecule has 4 rings (SSSR count). The predicted octanol–water partition coefficient (Wildman–Crippen LogP) is 3.48. The van der Waals surface area contributed by atoms with E-state index in [2.05, 4.69) is 25.9 Å². The van der Waals surface area contributed by atoms with Crippen molar-refractivity contribution in [1.82, 2.24) is 25.2 Å². The molecule has 164 valence electrons. The minimum absolute atomic E-state index is 0.294. The van der Waals surface area contributed by atoms with Gasteiger partial charge >= 0.3 is 6.03 Å². The zero-order chi connectivity index (χ0) is 22.3. The number of carbonyl (C=O) groups excluding carboxylic acids is 1. The number of hydrogen-bond acceptors (Lipinski definition) is 5. The number of imidazole rings is 1. The molecule has 2 aromatic heterocycles. The number of ether oxygens (including phenoxy) is 1. The molecule has 1 unspecified atom stereocenters. The molecule has 32 heavy (non-hydrogen) atoms. The summed E-state index contributed by atoms with van der Waals surface area (Å²) in [4.78, 5) is 21.7. The largest absolute Gasteiger partial charge is 0.496 e. The van der Waals surface area contributed by atoms with Gasteiger partial charge in [0.2, 0.25) is 0 Å². The number of para-hydroxylation sites is 2. The van der Waals surface area contributed by atoms with E-state index in [9.17, 15) is 4.79 Å².